The Kier molecular flexibility index (Phi) is 3.53. The minimum atomic E-state index is 0.468. The maximum atomic E-state index is 5.68. The van der Waals surface area contributed by atoms with Crippen LogP contribution < -0.4 is 5.73 Å². The minimum Gasteiger partial charge on any atom is -0.337 e. The molecule has 19 heavy (non-hydrogen) atoms. The zero-order chi connectivity index (χ0) is 13.2. The number of hydrogen-bond acceptors (Lipinski definition) is 2. The summed E-state index contributed by atoms with van der Waals surface area (Å²) in [6.45, 7) is 0.663. The van der Waals surface area contributed by atoms with Gasteiger partial charge in [-0.1, -0.05) is 24.3 Å². The zero-order valence-electron chi connectivity index (χ0n) is 10.9. The molecule has 0 bridgehead atoms. The molecule has 1 aliphatic rings. The number of aromatic nitrogens is 2. The van der Waals surface area contributed by atoms with Gasteiger partial charge in [0.1, 0.15) is 0 Å². The third-order valence-electron chi connectivity index (χ3n) is 3.98. The van der Waals surface area contributed by atoms with E-state index in [1.54, 1.807) is 0 Å². The molecule has 3 rings (SSSR count). The van der Waals surface area contributed by atoms with Crippen molar-refractivity contribution in [1.29, 1.82) is 0 Å². The van der Waals surface area contributed by atoms with Crippen molar-refractivity contribution in [2.45, 2.75) is 31.7 Å². The van der Waals surface area contributed by atoms with Crippen molar-refractivity contribution in [2.75, 3.05) is 6.54 Å². The number of fused-ring (bicyclic) bond motifs is 1. The van der Waals surface area contributed by atoms with Gasteiger partial charge in [0, 0.05) is 24.4 Å². The summed E-state index contributed by atoms with van der Waals surface area (Å²) >= 11 is 5.43. The Morgan fingerprint density at radius 1 is 1.32 bits per heavy atom. The number of imidazole rings is 1. The van der Waals surface area contributed by atoms with Crippen LogP contribution in [-0.4, -0.2) is 16.1 Å². The summed E-state index contributed by atoms with van der Waals surface area (Å²) in [6.07, 6.45) is 6.25. The monoisotopic (exact) mass is 273 g/mol. The Morgan fingerprint density at radius 3 is 2.89 bits per heavy atom. The van der Waals surface area contributed by atoms with Gasteiger partial charge in [0.25, 0.3) is 0 Å². The second-order valence-electron chi connectivity index (χ2n) is 5.16. The molecule has 0 aliphatic heterocycles. The second-order valence-corrected chi connectivity index (χ2v) is 5.55. The van der Waals surface area contributed by atoms with Crippen LogP contribution in [-0.2, 0) is 19.3 Å². The number of aromatic amines is 1. The Hall–Kier alpha value is -1.39. The van der Waals surface area contributed by atoms with Crippen molar-refractivity contribution < 1.29 is 0 Å². The lowest BCUT2D eigenvalue weighted by Gasteiger charge is -2.27. The molecule has 0 spiro atoms. The van der Waals surface area contributed by atoms with Crippen molar-refractivity contribution in [3.63, 3.8) is 0 Å². The molecule has 0 fully saturated rings. The van der Waals surface area contributed by atoms with Crippen LogP contribution >= 0.6 is 12.2 Å². The van der Waals surface area contributed by atoms with E-state index >= 15 is 0 Å². The maximum Gasteiger partial charge on any atom is 0.177 e. The molecule has 0 amide bonds. The van der Waals surface area contributed by atoms with Crippen LogP contribution in [0.3, 0.4) is 0 Å². The van der Waals surface area contributed by atoms with Gasteiger partial charge in [-0.3, -0.25) is 0 Å². The van der Waals surface area contributed by atoms with Gasteiger partial charge in [-0.15, -0.1) is 0 Å². The third-order valence-corrected chi connectivity index (χ3v) is 4.29. The molecule has 3 N–H and O–H groups in total. The van der Waals surface area contributed by atoms with Crippen LogP contribution in [0.4, 0.5) is 0 Å². The molecule has 3 nitrogen and oxygen atoms in total. The maximum absolute atomic E-state index is 5.68. The number of nitrogens with zero attached hydrogens (tertiary/aromatic N) is 1. The summed E-state index contributed by atoms with van der Waals surface area (Å²) in [4.78, 5) is 3.17. The molecule has 0 unspecified atom stereocenters. The van der Waals surface area contributed by atoms with E-state index in [2.05, 4.69) is 33.8 Å². The first-order valence-electron chi connectivity index (χ1n) is 6.85. The van der Waals surface area contributed by atoms with Gasteiger partial charge in [0.15, 0.2) is 4.77 Å². The van der Waals surface area contributed by atoms with Gasteiger partial charge in [-0.25, -0.2) is 0 Å². The molecule has 1 aromatic carbocycles. The van der Waals surface area contributed by atoms with Gasteiger partial charge in [-0.05, 0) is 49.2 Å². The molecule has 0 saturated carbocycles. The summed E-state index contributed by atoms with van der Waals surface area (Å²) in [6, 6.07) is 9.19. The molecular formula is C15H19N3S. The van der Waals surface area contributed by atoms with Gasteiger partial charge in [0.2, 0.25) is 0 Å². The lowest BCUT2D eigenvalue weighted by atomic mass is 9.88. The number of rotatable bonds is 3. The first kappa shape index (κ1) is 12.6. The minimum absolute atomic E-state index is 0.468. The predicted molar refractivity (Wildman–Crippen MR) is 79.9 cm³/mol. The average molecular weight is 273 g/mol. The summed E-state index contributed by atoms with van der Waals surface area (Å²) in [5.74, 6) is 0. The van der Waals surface area contributed by atoms with Crippen molar-refractivity contribution in [2.24, 2.45) is 5.73 Å². The highest BCUT2D eigenvalue weighted by molar-refractivity contribution is 7.71. The fourth-order valence-corrected chi connectivity index (χ4v) is 3.38. The van der Waals surface area contributed by atoms with Crippen molar-refractivity contribution in [3.05, 3.63) is 52.1 Å². The molecule has 0 radical (unpaired) electrons. The van der Waals surface area contributed by atoms with E-state index in [4.69, 9.17) is 18.0 Å². The predicted octanol–water partition coefficient (Wildman–Crippen LogP) is 2.78. The van der Waals surface area contributed by atoms with Crippen LogP contribution in [0.5, 0.6) is 0 Å². The third kappa shape index (κ3) is 2.38. The van der Waals surface area contributed by atoms with E-state index < -0.39 is 0 Å². The molecule has 100 valence electrons. The molecule has 1 atom stereocenters. The lowest BCUT2D eigenvalue weighted by Crippen LogP contribution is -2.21. The van der Waals surface area contributed by atoms with Gasteiger partial charge in [0.05, 0.1) is 0 Å². The molecule has 1 aromatic heterocycles. The van der Waals surface area contributed by atoms with E-state index in [9.17, 15) is 0 Å². The number of nitrogens with one attached hydrogen (secondary N) is 1. The summed E-state index contributed by atoms with van der Waals surface area (Å²) in [5.41, 5.74) is 9.86. The molecule has 1 heterocycles. The highest BCUT2D eigenvalue weighted by atomic mass is 32.1. The Bertz CT molecular complexity index is 626. The smallest absolute Gasteiger partial charge is 0.177 e. The van der Waals surface area contributed by atoms with E-state index in [1.165, 1.54) is 16.8 Å². The number of hydrogen-bond donors (Lipinski definition) is 2. The first-order chi connectivity index (χ1) is 9.29. The van der Waals surface area contributed by atoms with Crippen LogP contribution in [0, 0.1) is 4.77 Å². The summed E-state index contributed by atoms with van der Waals surface area (Å²) in [5, 5.41) is 0. The molecule has 4 heteroatoms. The fraction of sp³-hybridized carbons (Fsp3) is 0.400. The van der Waals surface area contributed by atoms with E-state index in [-0.39, 0.29) is 0 Å². The number of nitrogens with two attached hydrogens (primary N) is 1. The first-order valence-corrected chi connectivity index (χ1v) is 7.26. The summed E-state index contributed by atoms with van der Waals surface area (Å²) < 4.78 is 3.10. The number of aryl methyl sites for hydroxylation is 1. The standard InChI is InChI=1S/C15H19N3S/c16-8-7-14-10-17-15(19)18(14)13-6-5-11-3-1-2-4-12(11)9-13/h1-4,10,13H,5-9,16H2,(H,17,19)/t13-/m0/s1. The number of H-pyrrole nitrogens is 1. The highest BCUT2D eigenvalue weighted by Crippen LogP contribution is 2.30. The van der Waals surface area contributed by atoms with E-state index in [0.29, 0.717) is 12.6 Å². The molecule has 1 aliphatic carbocycles. The Morgan fingerprint density at radius 2 is 2.11 bits per heavy atom. The van der Waals surface area contributed by atoms with E-state index in [1.807, 2.05) is 6.20 Å². The molecule has 2 aromatic rings. The Labute approximate surface area is 118 Å². The normalized spacial score (nSPS) is 18.3. The van der Waals surface area contributed by atoms with Crippen LogP contribution in [0.25, 0.3) is 0 Å². The summed E-state index contributed by atoms with van der Waals surface area (Å²) in [7, 11) is 0. The van der Waals surface area contributed by atoms with Crippen LogP contribution in [0.15, 0.2) is 30.5 Å². The molecular weight excluding hydrogens is 254 g/mol. The average Bonchev–Trinajstić information content (AvgIpc) is 2.80. The number of benzene rings is 1. The van der Waals surface area contributed by atoms with Crippen molar-refractivity contribution in [1.82, 2.24) is 9.55 Å². The van der Waals surface area contributed by atoms with E-state index in [0.717, 1.165) is 30.5 Å². The Balaban J connectivity index is 1.93. The van der Waals surface area contributed by atoms with Gasteiger partial charge in [-0.2, -0.15) is 0 Å². The van der Waals surface area contributed by atoms with Gasteiger partial charge >= 0.3 is 0 Å². The fourth-order valence-electron chi connectivity index (χ4n) is 3.05. The zero-order valence-corrected chi connectivity index (χ0v) is 11.7. The lowest BCUT2D eigenvalue weighted by molar-refractivity contribution is 0.427. The van der Waals surface area contributed by atoms with Crippen molar-refractivity contribution in [3.8, 4) is 0 Å². The molecule has 0 saturated heterocycles. The topological polar surface area (TPSA) is 46.7 Å². The largest absolute Gasteiger partial charge is 0.337 e. The van der Waals surface area contributed by atoms with Crippen molar-refractivity contribution >= 4 is 12.2 Å². The SMILES string of the molecule is NCCc1c[nH]c(=S)n1[C@H]1CCc2ccccc2C1. The van der Waals surface area contributed by atoms with Crippen LogP contribution in [0.2, 0.25) is 0 Å². The van der Waals surface area contributed by atoms with Crippen LogP contribution in [0.1, 0.15) is 29.3 Å². The van der Waals surface area contributed by atoms with Gasteiger partial charge < -0.3 is 15.3 Å². The highest BCUT2D eigenvalue weighted by Gasteiger charge is 2.21. The second kappa shape index (κ2) is 5.31. The quantitative estimate of drug-likeness (QED) is 0.845.